The maximum atomic E-state index is 12.6. The van der Waals surface area contributed by atoms with Crippen LogP contribution in [0.15, 0.2) is 42.7 Å². The Hall–Kier alpha value is -2.27. The number of hydrogen-bond acceptors (Lipinski definition) is 4. The van der Waals surface area contributed by atoms with Crippen LogP contribution in [0.1, 0.15) is 16.8 Å². The predicted molar refractivity (Wildman–Crippen MR) is 85.5 cm³/mol. The SMILES string of the molecule is CN1CCC(N(C)C(=O)c2ccc(-c3ncccn3)cc2)C1. The van der Waals surface area contributed by atoms with Gasteiger partial charge in [0, 0.05) is 43.2 Å². The molecule has 0 N–H and O–H groups in total. The first kappa shape index (κ1) is 14.7. The first-order valence-electron chi connectivity index (χ1n) is 7.48. The van der Waals surface area contributed by atoms with Crippen LogP contribution >= 0.6 is 0 Å². The zero-order valence-electron chi connectivity index (χ0n) is 12.9. The Balaban J connectivity index is 1.74. The fraction of sp³-hybridized carbons (Fsp3) is 0.353. The van der Waals surface area contributed by atoms with Crippen molar-refractivity contribution < 1.29 is 4.79 Å². The minimum absolute atomic E-state index is 0.0702. The van der Waals surface area contributed by atoms with E-state index in [-0.39, 0.29) is 5.91 Å². The van der Waals surface area contributed by atoms with Crippen LogP contribution in [0.5, 0.6) is 0 Å². The minimum atomic E-state index is 0.0702. The summed E-state index contributed by atoms with van der Waals surface area (Å²) in [5, 5.41) is 0. The Morgan fingerprint density at radius 3 is 2.50 bits per heavy atom. The fourth-order valence-electron chi connectivity index (χ4n) is 2.81. The third-order valence-electron chi connectivity index (χ3n) is 4.19. The van der Waals surface area contributed by atoms with E-state index in [4.69, 9.17) is 0 Å². The quantitative estimate of drug-likeness (QED) is 0.868. The van der Waals surface area contributed by atoms with Gasteiger partial charge in [0.15, 0.2) is 5.82 Å². The average molecular weight is 296 g/mol. The number of nitrogens with zero attached hydrogens (tertiary/aromatic N) is 4. The zero-order valence-corrected chi connectivity index (χ0v) is 12.9. The van der Waals surface area contributed by atoms with Gasteiger partial charge in [0.1, 0.15) is 0 Å². The lowest BCUT2D eigenvalue weighted by Crippen LogP contribution is -2.38. The summed E-state index contributed by atoms with van der Waals surface area (Å²) in [7, 11) is 3.98. The van der Waals surface area contributed by atoms with Crippen molar-refractivity contribution in [2.24, 2.45) is 0 Å². The summed E-state index contributed by atoms with van der Waals surface area (Å²) in [5.74, 6) is 0.744. The third kappa shape index (κ3) is 2.99. The minimum Gasteiger partial charge on any atom is -0.337 e. The number of aromatic nitrogens is 2. The van der Waals surface area contributed by atoms with Crippen LogP contribution in [0.3, 0.4) is 0 Å². The van der Waals surface area contributed by atoms with Gasteiger partial charge in [-0.05, 0) is 38.2 Å². The summed E-state index contributed by atoms with van der Waals surface area (Å²) in [6.45, 7) is 1.99. The molecule has 5 nitrogen and oxygen atoms in total. The van der Waals surface area contributed by atoms with Crippen LogP contribution in [-0.4, -0.2) is 58.9 Å². The second-order valence-corrected chi connectivity index (χ2v) is 5.77. The van der Waals surface area contributed by atoms with Crippen molar-refractivity contribution in [2.75, 3.05) is 27.2 Å². The van der Waals surface area contributed by atoms with Crippen molar-refractivity contribution in [3.05, 3.63) is 48.3 Å². The van der Waals surface area contributed by atoms with Gasteiger partial charge in [-0.15, -0.1) is 0 Å². The second kappa shape index (κ2) is 6.23. The van der Waals surface area contributed by atoms with E-state index in [0.717, 1.165) is 25.1 Å². The lowest BCUT2D eigenvalue weighted by Gasteiger charge is -2.24. The largest absolute Gasteiger partial charge is 0.337 e. The molecule has 0 radical (unpaired) electrons. The Labute approximate surface area is 130 Å². The summed E-state index contributed by atoms with van der Waals surface area (Å²) in [6.07, 6.45) is 4.46. The number of benzene rings is 1. The van der Waals surface area contributed by atoms with Crippen LogP contribution in [0.25, 0.3) is 11.4 Å². The van der Waals surface area contributed by atoms with E-state index in [1.165, 1.54) is 0 Å². The summed E-state index contributed by atoms with van der Waals surface area (Å²) >= 11 is 0. The highest BCUT2D eigenvalue weighted by Crippen LogP contribution is 2.18. The zero-order chi connectivity index (χ0) is 15.5. The van der Waals surface area contributed by atoms with E-state index < -0.39 is 0 Å². The molecule has 1 aromatic heterocycles. The number of carbonyl (C=O) groups excluding carboxylic acids is 1. The molecule has 0 saturated carbocycles. The number of hydrogen-bond donors (Lipinski definition) is 0. The van der Waals surface area contributed by atoms with Gasteiger partial charge in [0.05, 0.1) is 0 Å². The highest BCUT2D eigenvalue weighted by atomic mass is 16.2. The van der Waals surface area contributed by atoms with Gasteiger partial charge < -0.3 is 9.80 Å². The van der Waals surface area contributed by atoms with Crippen molar-refractivity contribution in [1.82, 2.24) is 19.8 Å². The molecule has 2 aromatic rings. The first-order valence-corrected chi connectivity index (χ1v) is 7.48. The van der Waals surface area contributed by atoms with Crippen LogP contribution in [0.4, 0.5) is 0 Å². The number of likely N-dealkylation sites (N-methyl/N-ethyl adjacent to an activating group) is 2. The first-order chi connectivity index (χ1) is 10.6. The van der Waals surface area contributed by atoms with Gasteiger partial charge in [-0.3, -0.25) is 4.79 Å². The van der Waals surface area contributed by atoms with E-state index in [1.54, 1.807) is 18.5 Å². The molecule has 0 spiro atoms. The summed E-state index contributed by atoms with van der Waals surface area (Å²) < 4.78 is 0. The van der Waals surface area contributed by atoms with Gasteiger partial charge in [-0.25, -0.2) is 9.97 Å². The lowest BCUT2D eigenvalue weighted by molar-refractivity contribution is 0.0737. The molecule has 3 rings (SSSR count). The Kier molecular flexibility index (Phi) is 4.15. The van der Waals surface area contributed by atoms with Crippen molar-refractivity contribution in [2.45, 2.75) is 12.5 Å². The molecule has 5 heteroatoms. The highest BCUT2D eigenvalue weighted by molar-refractivity contribution is 5.94. The lowest BCUT2D eigenvalue weighted by atomic mass is 10.1. The van der Waals surface area contributed by atoms with Gasteiger partial charge in [-0.1, -0.05) is 12.1 Å². The van der Waals surface area contributed by atoms with Gasteiger partial charge in [-0.2, -0.15) is 0 Å². The topological polar surface area (TPSA) is 49.3 Å². The molecule has 1 fully saturated rings. The van der Waals surface area contributed by atoms with Gasteiger partial charge >= 0.3 is 0 Å². The maximum Gasteiger partial charge on any atom is 0.253 e. The Morgan fingerprint density at radius 1 is 1.23 bits per heavy atom. The van der Waals surface area contributed by atoms with Crippen molar-refractivity contribution in [1.29, 1.82) is 0 Å². The molecule has 22 heavy (non-hydrogen) atoms. The molecular formula is C17H20N4O. The van der Waals surface area contributed by atoms with Crippen molar-refractivity contribution in [3.63, 3.8) is 0 Å². The van der Waals surface area contributed by atoms with Crippen molar-refractivity contribution >= 4 is 5.91 Å². The standard InChI is InChI=1S/C17H20N4O/c1-20-11-8-15(12-20)21(2)17(22)14-6-4-13(5-7-14)16-18-9-3-10-19-16/h3-7,9-10,15H,8,11-12H2,1-2H3. The van der Waals surface area contributed by atoms with Crippen molar-refractivity contribution in [3.8, 4) is 11.4 Å². The average Bonchev–Trinajstić information content (AvgIpc) is 3.01. The molecule has 1 atom stereocenters. The fourth-order valence-corrected chi connectivity index (χ4v) is 2.81. The van der Waals surface area contributed by atoms with E-state index in [0.29, 0.717) is 17.4 Å². The molecule has 1 amide bonds. The smallest absolute Gasteiger partial charge is 0.253 e. The summed E-state index contributed by atoms with van der Waals surface area (Å²) in [6, 6.07) is 9.59. The van der Waals surface area contributed by atoms with Gasteiger partial charge in [0.2, 0.25) is 0 Å². The molecule has 0 aliphatic carbocycles. The molecule has 1 aromatic carbocycles. The maximum absolute atomic E-state index is 12.6. The predicted octanol–water partition coefficient (Wildman–Crippen LogP) is 1.92. The molecular weight excluding hydrogens is 276 g/mol. The molecule has 2 heterocycles. The number of rotatable bonds is 3. The van der Waals surface area contributed by atoms with E-state index in [2.05, 4.69) is 21.9 Å². The normalized spacial score (nSPS) is 18.4. The number of carbonyl (C=O) groups is 1. The molecule has 114 valence electrons. The molecule has 0 bridgehead atoms. The second-order valence-electron chi connectivity index (χ2n) is 5.77. The highest BCUT2D eigenvalue weighted by Gasteiger charge is 2.26. The summed E-state index contributed by atoms with van der Waals surface area (Å²) in [5.41, 5.74) is 1.62. The van der Waals surface area contributed by atoms with Crippen LogP contribution in [0.2, 0.25) is 0 Å². The molecule has 1 aliphatic rings. The van der Waals surface area contributed by atoms with Crippen LogP contribution in [0, 0.1) is 0 Å². The summed E-state index contributed by atoms with van der Waals surface area (Å²) in [4.78, 5) is 25.1. The third-order valence-corrected chi connectivity index (χ3v) is 4.19. The van der Waals surface area contributed by atoms with E-state index in [1.807, 2.05) is 36.2 Å². The number of likely N-dealkylation sites (tertiary alicyclic amines) is 1. The Morgan fingerprint density at radius 2 is 1.91 bits per heavy atom. The van der Waals surface area contributed by atoms with Crippen LogP contribution in [-0.2, 0) is 0 Å². The molecule has 1 unspecified atom stereocenters. The number of amides is 1. The van der Waals surface area contributed by atoms with E-state index in [9.17, 15) is 4.79 Å². The molecule has 1 aliphatic heterocycles. The monoisotopic (exact) mass is 296 g/mol. The van der Waals surface area contributed by atoms with Crippen LogP contribution < -0.4 is 0 Å². The molecule has 1 saturated heterocycles. The van der Waals surface area contributed by atoms with E-state index >= 15 is 0 Å². The Bertz CT molecular complexity index is 641. The van der Waals surface area contributed by atoms with Gasteiger partial charge in [0.25, 0.3) is 5.91 Å².